The molecule has 0 amide bonds. The van der Waals surface area contributed by atoms with Crippen molar-refractivity contribution in [3.8, 4) is 0 Å². The van der Waals surface area contributed by atoms with Gasteiger partial charge in [0.05, 0.1) is 4.90 Å². The summed E-state index contributed by atoms with van der Waals surface area (Å²) < 4.78 is 47.4. The monoisotopic (exact) mass is 291 g/mol. The lowest BCUT2D eigenvalue weighted by molar-refractivity contribution is 0.234. The van der Waals surface area contributed by atoms with Crippen molar-refractivity contribution in [2.45, 2.75) is 43.4 Å². The van der Waals surface area contributed by atoms with Crippen molar-refractivity contribution in [2.24, 2.45) is 0 Å². The number of hydrogen-bond donors (Lipinski definition) is 0. The maximum Gasteiger partial charge on any atom is 0.341 e. The summed E-state index contributed by atoms with van der Waals surface area (Å²) in [5, 5.41) is 0. The van der Waals surface area contributed by atoms with E-state index in [0.717, 1.165) is 18.5 Å². The van der Waals surface area contributed by atoms with Gasteiger partial charge in [0.25, 0.3) is 0 Å². The van der Waals surface area contributed by atoms with E-state index in [4.69, 9.17) is 0 Å². The quantitative estimate of drug-likeness (QED) is 0.807. The van der Waals surface area contributed by atoms with Crippen LogP contribution >= 0.6 is 0 Å². The highest BCUT2D eigenvalue weighted by atomic mass is 32.2. The molecule has 1 rings (SSSR count). The number of halogens is 2. The van der Waals surface area contributed by atoms with Crippen molar-refractivity contribution in [1.82, 2.24) is 0 Å². The van der Waals surface area contributed by atoms with Crippen LogP contribution in [-0.2, 0) is 9.84 Å². The molecule has 19 heavy (non-hydrogen) atoms. The molecule has 1 aromatic carbocycles. The fourth-order valence-electron chi connectivity index (χ4n) is 2.02. The SMILES string of the molecule is CCC(CC)N(C)c1ccc(S(=O)(=O)C(F)F)cc1. The maximum atomic E-state index is 12.4. The average molecular weight is 291 g/mol. The highest BCUT2D eigenvalue weighted by Crippen LogP contribution is 2.23. The predicted molar refractivity (Wildman–Crippen MR) is 72.4 cm³/mol. The number of anilines is 1. The largest absolute Gasteiger partial charge is 0.372 e. The maximum absolute atomic E-state index is 12.4. The van der Waals surface area contributed by atoms with E-state index in [0.29, 0.717) is 6.04 Å². The number of benzene rings is 1. The Balaban J connectivity index is 3.00. The van der Waals surface area contributed by atoms with Gasteiger partial charge in [0.2, 0.25) is 9.84 Å². The minimum atomic E-state index is -4.50. The molecule has 1 aromatic rings. The van der Waals surface area contributed by atoms with Crippen LogP contribution in [0.4, 0.5) is 14.5 Å². The third kappa shape index (κ3) is 3.43. The first-order valence-corrected chi connectivity index (χ1v) is 7.74. The van der Waals surface area contributed by atoms with Crippen LogP contribution in [0.1, 0.15) is 26.7 Å². The van der Waals surface area contributed by atoms with Gasteiger partial charge in [-0.15, -0.1) is 0 Å². The molecule has 0 heterocycles. The smallest absolute Gasteiger partial charge is 0.341 e. The van der Waals surface area contributed by atoms with Crippen LogP contribution < -0.4 is 4.90 Å². The number of hydrogen-bond acceptors (Lipinski definition) is 3. The lowest BCUT2D eigenvalue weighted by Crippen LogP contribution is -2.30. The zero-order valence-electron chi connectivity index (χ0n) is 11.3. The Bertz CT molecular complexity index is 496. The average Bonchev–Trinajstić information content (AvgIpc) is 2.40. The van der Waals surface area contributed by atoms with Gasteiger partial charge in [-0.05, 0) is 37.1 Å². The first-order chi connectivity index (χ1) is 8.84. The van der Waals surface area contributed by atoms with Crippen molar-refractivity contribution in [3.63, 3.8) is 0 Å². The van der Waals surface area contributed by atoms with Gasteiger partial charge in [0.15, 0.2) is 0 Å². The normalized spacial score (nSPS) is 12.2. The number of sulfone groups is 1. The minimum absolute atomic E-state index is 0.343. The van der Waals surface area contributed by atoms with E-state index in [1.807, 2.05) is 11.9 Å². The van der Waals surface area contributed by atoms with Gasteiger partial charge in [0, 0.05) is 18.8 Å². The van der Waals surface area contributed by atoms with Crippen LogP contribution in [-0.4, -0.2) is 27.3 Å². The number of rotatable bonds is 6. The molecule has 0 unspecified atom stereocenters. The highest BCUT2D eigenvalue weighted by molar-refractivity contribution is 7.91. The topological polar surface area (TPSA) is 37.4 Å². The molecule has 0 saturated heterocycles. The second-order valence-electron chi connectivity index (χ2n) is 4.38. The lowest BCUT2D eigenvalue weighted by Gasteiger charge is -2.28. The molecular formula is C13H19F2NO2S. The van der Waals surface area contributed by atoms with E-state index in [9.17, 15) is 17.2 Å². The zero-order valence-corrected chi connectivity index (χ0v) is 12.1. The molecule has 0 N–H and O–H groups in total. The molecule has 108 valence electrons. The van der Waals surface area contributed by atoms with Crippen molar-refractivity contribution in [3.05, 3.63) is 24.3 Å². The summed E-state index contributed by atoms with van der Waals surface area (Å²) in [4.78, 5) is 1.68. The van der Waals surface area contributed by atoms with E-state index in [1.54, 1.807) is 12.1 Å². The van der Waals surface area contributed by atoms with Gasteiger partial charge in [-0.2, -0.15) is 8.78 Å². The van der Waals surface area contributed by atoms with Crippen molar-refractivity contribution < 1.29 is 17.2 Å². The van der Waals surface area contributed by atoms with E-state index in [1.165, 1.54) is 12.1 Å². The van der Waals surface area contributed by atoms with Gasteiger partial charge in [-0.3, -0.25) is 0 Å². The zero-order chi connectivity index (χ0) is 14.6. The Morgan fingerprint density at radius 1 is 1.11 bits per heavy atom. The molecule has 0 aliphatic carbocycles. The van der Waals surface area contributed by atoms with Crippen molar-refractivity contribution in [2.75, 3.05) is 11.9 Å². The van der Waals surface area contributed by atoms with Crippen LogP contribution in [0, 0.1) is 0 Å². The number of alkyl halides is 2. The fourth-order valence-corrected chi connectivity index (χ4v) is 2.74. The molecule has 3 nitrogen and oxygen atoms in total. The molecule has 0 saturated carbocycles. The third-order valence-corrected chi connectivity index (χ3v) is 4.70. The summed E-state index contributed by atoms with van der Waals surface area (Å²) in [5.41, 5.74) is 0.821. The molecule has 0 spiro atoms. The van der Waals surface area contributed by atoms with E-state index < -0.39 is 15.6 Å². The standard InChI is InChI=1S/C13H19F2NO2S/c1-4-10(5-2)16(3)11-6-8-12(9-7-11)19(17,18)13(14)15/h6-10,13H,4-5H2,1-3H3. The molecule has 6 heteroatoms. The first-order valence-electron chi connectivity index (χ1n) is 6.19. The van der Waals surface area contributed by atoms with E-state index >= 15 is 0 Å². The molecule has 0 aliphatic rings. The molecule has 0 fully saturated rings. The summed E-state index contributed by atoms with van der Waals surface area (Å²) in [6.45, 7) is 4.14. The summed E-state index contributed by atoms with van der Waals surface area (Å²) >= 11 is 0. The van der Waals surface area contributed by atoms with Gasteiger partial charge >= 0.3 is 5.76 Å². The van der Waals surface area contributed by atoms with Gasteiger partial charge in [-0.25, -0.2) is 8.42 Å². The second-order valence-corrected chi connectivity index (χ2v) is 6.30. The number of nitrogens with zero attached hydrogens (tertiary/aromatic N) is 1. The van der Waals surface area contributed by atoms with Crippen molar-refractivity contribution in [1.29, 1.82) is 0 Å². The Morgan fingerprint density at radius 2 is 1.58 bits per heavy atom. The molecule has 0 bridgehead atoms. The Labute approximate surface area is 113 Å². The minimum Gasteiger partial charge on any atom is -0.372 e. The van der Waals surface area contributed by atoms with Gasteiger partial charge < -0.3 is 4.90 Å². The Morgan fingerprint density at radius 3 is 1.95 bits per heavy atom. The second kappa shape index (κ2) is 6.32. The van der Waals surface area contributed by atoms with Crippen LogP contribution in [0.25, 0.3) is 0 Å². The molecule has 0 radical (unpaired) electrons. The predicted octanol–water partition coefficient (Wildman–Crippen LogP) is 3.31. The first kappa shape index (κ1) is 15.9. The molecule has 0 aliphatic heterocycles. The van der Waals surface area contributed by atoms with E-state index in [2.05, 4.69) is 13.8 Å². The third-order valence-electron chi connectivity index (χ3n) is 3.30. The molecular weight excluding hydrogens is 272 g/mol. The highest BCUT2D eigenvalue weighted by Gasteiger charge is 2.26. The van der Waals surface area contributed by atoms with Gasteiger partial charge in [0.1, 0.15) is 0 Å². The fraction of sp³-hybridized carbons (Fsp3) is 0.538. The lowest BCUT2D eigenvalue weighted by atomic mass is 10.1. The van der Waals surface area contributed by atoms with Crippen molar-refractivity contribution >= 4 is 15.5 Å². The van der Waals surface area contributed by atoms with Crippen LogP contribution in [0.2, 0.25) is 0 Å². The summed E-state index contributed by atoms with van der Waals surface area (Å²) in [6, 6.07) is 5.93. The summed E-state index contributed by atoms with van der Waals surface area (Å²) in [5.74, 6) is -3.38. The molecule has 0 aromatic heterocycles. The summed E-state index contributed by atoms with van der Waals surface area (Å²) in [6.07, 6.45) is 1.92. The van der Waals surface area contributed by atoms with Crippen LogP contribution in [0.5, 0.6) is 0 Å². The van der Waals surface area contributed by atoms with Crippen LogP contribution in [0.15, 0.2) is 29.2 Å². The van der Waals surface area contributed by atoms with Gasteiger partial charge in [-0.1, -0.05) is 13.8 Å². The Kier molecular flexibility index (Phi) is 5.29. The Hall–Kier alpha value is -1.17. The molecule has 0 atom stereocenters. The summed E-state index contributed by atoms with van der Waals surface area (Å²) in [7, 11) is -2.59. The van der Waals surface area contributed by atoms with Crippen LogP contribution in [0.3, 0.4) is 0 Å². The van der Waals surface area contributed by atoms with E-state index in [-0.39, 0.29) is 4.90 Å².